The number of rotatable bonds is 5. The van der Waals surface area contributed by atoms with Gasteiger partial charge in [0.1, 0.15) is 5.75 Å². The number of nitrogens with zero attached hydrogens (tertiary/aromatic N) is 3. The number of benzene rings is 1. The van der Waals surface area contributed by atoms with Gasteiger partial charge < -0.3 is 14.6 Å². The molecule has 1 atom stereocenters. The number of methoxy groups -OCH3 is 1. The van der Waals surface area contributed by atoms with Gasteiger partial charge in [-0.2, -0.15) is 4.98 Å². The van der Waals surface area contributed by atoms with E-state index >= 15 is 0 Å². The number of likely N-dealkylation sites (N-methyl/N-ethyl adjacent to an activating group) is 1. The molecule has 1 aliphatic rings. The number of hydrogen-bond acceptors (Lipinski definition) is 6. The minimum atomic E-state index is 0. The average Bonchev–Trinajstić information content (AvgIpc) is 3.02. The molecule has 126 valence electrons. The van der Waals surface area contributed by atoms with Crippen molar-refractivity contribution < 1.29 is 9.26 Å². The van der Waals surface area contributed by atoms with Crippen LogP contribution >= 0.6 is 12.4 Å². The molecule has 6 nitrogen and oxygen atoms in total. The number of aromatic nitrogens is 2. The molecule has 0 amide bonds. The molecule has 1 saturated heterocycles. The highest BCUT2D eigenvalue weighted by Gasteiger charge is 2.25. The van der Waals surface area contributed by atoms with Crippen LogP contribution in [-0.2, 0) is 12.8 Å². The molecule has 7 heteroatoms. The Hall–Kier alpha value is -1.63. The van der Waals surface area contributed by atoms with Crippen molar-refractivity contribution in [2.75, 3.05) is 33.8 Å². The first kappa shape index (κ1) is 17.7. The number of nitrogens with one attached hydrogen (secondary N) is 1. The summed E-state index contributed by atoms with van der Waals surface area (Å²) in [7, 11) is 3.77. The molecule has 1 aromatic carbocycles. The molecule has 0 bridgehead atoms. The number of ether oxygens (including phenoxy) is 1. The van der Waals surface area contributed by atoms with E-state index in [-0.39, 0.29) is 18.4 Å². The predicted octanol–water partition coefficient (Wildman–Crippen LogP) is 1.86. The summed E-state index contributed by atoms with van der Waals surface area (Å²) in [5.74, 6) is 2.35. The number of piperazine rings is 1. The van der Waals surface area contributed by atoms with Gasteiger partial charge in [-0.05, 0) is 31.2 Å². The third kappa shape index (κ3) is 4.43. The SMILES string of the molecule is COc1ccc(CCc2nc(C3CNCCN3C)no2)cc1.Cl. The van der Waals surface area contributed by atoms with E-state index in [2.05, 4.69) is 39.5 Å². The molecule has 0 saturated carbocycles. The average molecular weight is 339 g/mol. The number of halogens is 1. The highest BCUT2D eigenvalue weighted by atomic mass is 35.5. The zero-order valence-corrected chi connectivity index (χ0v) is 14.3. The van der Waals surface area contributed by atoms with Crippen LogP contribution in [0.5, 0.6) is 5.75 Å². The standard InChI is InChI=1S/C16H22N4O2.ClH/c1-20-10-9-17-11-14(20)16-18-15(22-19-16)8-5-12-3-6-13(21-2)7-4-12;/h3-4,6-7,14,17H,5,8-11H2,1-2H3;1H. The van der Waals surface area contributed by atoms with E-state index in [1.807, 2.05) is 12.1 Å². The predicted molar refractivity (Wildman–Crippen MR) is 90.2 cm³/mol. The smallest absolute Gasteiger partial charge is 0.227 e. The third-order valence-electron chi connectivity index (χ3n) is 4.08. The van der Waals surface area contributed by atoms with Crippen molar-refractivity contribution >= 4 is 12.4 Å². The topological polar surface area (TPSA) is 63.4 Å². The van der Waals surface area contributed by atoms with E-state index in [1.54, 1.807) is 7.11 Å². The van der Waals surface area contributed by atoms with Crippen molar-refractivity contribution in [2.45, 2.75) is 18.9 Å². The van der Waals surface area contributed by atoms with Crippen LogP contribution in [0, 0.1) is 0 Å². The quantitative estimate of drug-likeness (QED) is 0.898. The van der Waals surface area contributed by atoms with Crippen molar-refractivity contribution in [3.63, 3.8) is 0 Å². The van der Waals surface area contributed by atoms with Crippen molar-refractivity contribution in [3.05, 3.63) is 41.5 Å². The molecule has 3 rings (SSSR count). The van der Waals surface area contributed by atoms with E-state index in [0.29, 0.717) is 5.89 Å². The zero-order valence-electron chi connectivity index (χ0n) is 13.5. The maximum atomic E-state index is 5.39. The van der Waals surface area contributed by atoms with Gasteiger partial charge in [0.2, 0.25) is 5.89 Å². The summed E-state index contributed by atoms with van der Waals surface area (Å²) in [6.07, 6.45) is 1.63. The molecule has 1 aromatic heterocycles. The Morgan fingerprint density at radius 1 is 1.30 bits per heavy atom. The molecule has 0 radical (unpaired) electrons. The summed E-state index contributed by atoms with van der Waals surface area (Å²) >= 11 is 0. The first-order chi connectivity index (χ1) is 10.8. The Labute approximate surface area is 142 Å². The lowest BCUT2D eigenvalue weighted by Crippen LogP contribution is -2.44. The summed E-state index contributed by atoms with van der Waals surface area (Å²) in [6, 6.07) is 8.27. The fourth-order valence-corrected chi connectivity index (χ4v) is 2.64. The lowest BCUT2D eigenvalue weighted by atomic mass is 10.1. The minimum absolute atomic E-state index is 0. The highest BCUT2D eigenvalue weighted by molar-refractivity contribution is 5.85. The molecule has 23 heavy (non-hydrogen) atoms. The van der Waals surface area contributed by atoms with Crippen molar-refractivity contribution in [2.24, 2.45) is 0 Å². The van der Waals surface area contributed by atoms with Gasteiger partial charge in [-0.1, -0.05) is 17.3 Å². The lowest BCUT2D eigenvalue weighted by Gasteiger charge is -2.30. The van der Waals surface area contributed by atoms with Gasteiger partial charge in [-0.15, -0.1) is 12.4 Å². The molecule has 1 fully saturated rings. The van der Waals surface area contributed by atoms with Gasteiger partial charge in [0.05, 0.1) is 13.2 Å². The molecular formula is C16H23ClN4O2. The highest BCUT2D eigenvalue weighted by Crippen LogP contribution is 2.18. The van der Waals surface area contributed by atoms with Crippen LogP contribution in [-0.4, -0.2) is 48.8 Å². The summed E-state index contributed by atoms with van der Waals surface area (Å²) in [6.45, 7) is 2.88. The Bertz CT molecular complexity index is 602. The Balaban J connectivity index is 0.00000192. The third-order valence-corrected chi connectivity index (χ3v) is 4.08. The molecule has 1 N–H and O–H groups in total. The second-order valence-electron chi connectivity index (χ2n) is 5.59. The largest absolute Gasteiger partial charge is 0.497 e. The van der Waals surface area contributed by atoms with Gasteiger partial charge in [-0.25, -0.2) is 0 Å². The lowest BCUT2D eigenvalue weighted by molar-refractivity contribution is 0.190. The monoisotopic (exact) mass is 338 g/mol. The molecule has 1 aliphatic heterocycles. The Morgan fingerprint density at radius 3 is 2.78 bits per heavy atom. The normalized spacial score (nSPS) is 18.4. The van der Waals surface area contributed by atoms with Crippen LogP contribution in [0.1, 0.15) is 23.3 Å². The Kier molecular flexibility index (Phi) is 6.38. The van der Waals surface area contributed by atoms with Gasteiger partial charge in [0.15, 0.2) is 5.82 Å². The van der Waals surface area contributed by atoms with Crippen LogP contribution in [0.3, 0.4) is 0 Å². The maximum Gasteiger partial charge on any atom is 0.227 e. The minimum Gasteiger partial charge on any atom is -0.497 e. The molecule has 0 spiro atoms. The van der Waals surface area contributed by atoms with Crippen LogP contribution in [0.2, 0.25) is 0 Å². The van der Waals surface area contributed by atoms with E-state index in [9.17, 15) is 0 Å². The molecule has 2 aromatic rings. The van der Waals surface area contributed by atoms with Crippen molar-refractivity contribution in [1.29, 1.82) is 0 Å². The van der Waals surface area contributed by atoms with Crippen molar-refractivity contribution in [1.82, 2.24) is 20.4 Å². The van der Waals surface area contributed by atoms with E-state index < -0.39 is 0 Å². The Morgan fingerprint density at radius 2 is 2.09 bits per heavy atom. The number of aryl methyl sites for hydroxylation is 2. The summed E-state index contributed by atoms with van der Waals surface area (Å²) in [5, 5.41) is 7.51. The molecule has 0 aliphatic carbocycles. The second kappa shape index (κ2) is 8.29. The summed E-state index contributed by atoms with van der Waals surface area (Å²) in [5.41, 5.74) is 1.23. The summed E-state index contributed by atoms with van der Waals surface area (Å²) < 4.78 is 10.6. The van der Waals surface area contributed by atoms with Gasteiger partial charge >= 0.3 is 0 Å². The van der Waals surface area contributed by atoms with Crippen LogP contribution in [0.25, 0.3) is 0 Å². The molecular weight excluding hydrogens is 316 g/mol. The molecule has 2 heterocycles. The zero-order chi connectivity index (χ0) is 15.4. The fourth-order valence-electron chi connectivity index (χ4n) is 2.64. The fraction of sp³-hybridized carbons (Fsp3) is 0.500. The van der Waals surface area contributed by atoms with Crippen molar-refractivity contribution in [3.8, 4) is 5.75 Å². The van der Waals surface area contributed by atoms with Gasteiger partial charge in [-0.3, -0.25) is 4.90 Å². The van der Waals surface area contributed by atoms with Crippen LogP contribution < -0.4 is 10.1 Å². The van der Waals surface area contributed by atoms with Gasteiger partial charge in [0.25, 0.3) is 0 Å². The van der Waals surface area contributed by atoms with E-state index in [0.717, 1.165) is 44.0 Å². The molecule has 1 unspecified atom stereocenters. The first-order valence-corrected chi connectivity index (χ1v) is 7.62. The van der Waals surface area contributed by atoms with Crippen LogP contribution in [0.15, 0.2) is 28.8 Å². The van der Waals surface area contributed by atoms with Crippen LogP contribution in [0.4, 0.5) is 0 Å². The maximum absolute atomic E-state index is 5.39. The second-order valence-corrected chi connectivity index (χ2v) is 5.59. The van der Waals surface area contributed by atoms with E-state index in [4.69, 9.17) is 9.26 Å². The summed E-state index contributed by atoms with van der Waals surface area (Å²) in [4.78, 5) is 6.81. The number of hydrogen-bond donors (Lipinski definition) is 1. The van der Waals surface area contributed by atoms with E-state index in [1.165, 1.54) is 5.56 Å². The van der Waals surface area contributed by atoms with Gasteiger partial charge in [0, 0.05) is 26.1 Å². The first-order valence-electron chi connectivity index (χ1n) is 7.62.